The van der Waals surface area contributed by atoms with Crippen LogP contribution in [0.25, 0.3) is 0 Å². The first-order chi connectivity index (χ1) is 44.1. The van der Waals surface area contributed by atoms with Crippen LogP contribution in [0.15, 0.2) is 0 Å². The molecule has 0 aromatic heterocycles. The van der Waals surface area contributed by atoms with E-state index in [1.807, 2.05) is 0 Å². The summed E-state index contributed by atoms with van der Waals surface area (Å²) in [7, 11) is -9.91. The number of rotatable bonds is 70. The summed E-state index contributed by atoms with van der Waals surface area (Å²) in [6, 6.07) is 0. The minimum Gasteiger partial charge on any atom is -0.462 e. The van der Waals surface area contributed by atoms with Crippen molar-refractivity contribution >= 4 is 39.5 Å². The topological polar surface area (TPSA) is 237 Å². The maximum Gasteiger partial charge on any atom is 0.472 e. The predicted molar refractivity (Wildman–Crippen MR) is 372 cm³/mol. The fraction of sp³-hybridized carbons (Fsp3) is 0.945. The predicted octanol–water partition coefficient (Wildman–Crippen LogP) is 20.9. The Labute approximate surface area is 562 Å². The lowest BCUT2D eigenvalue weighted by molar-refractivity contribution is -0.161. The van der Waals surface area contributed by atoms with Gasteiger partial charge in [-0.3, -0.25) is 37.3 Å². The maximum atomic E-state index is 13.0. The van der Waals surface area contributed by atoms with E-state index in [0.717, 1.165) is 115 Å². The van der Waals surface area contributed by atoms with Crippen LogP contribution in [-0.4, -0.2) is 96.7 Å². The highest BCUT2D eigenvalue weighted by Gasteiger charge is 2.30. The monoisotopic (exact) mass is 1350 g/mol. The van der Waals surface area contributed by atoms with Gasteiger partial charge in [-0.2, -0.15) is 0 Å². The zero-order valence-corrected chi connectivity index (χ0v) is 62.0. The molecule has 0 saturated heterocycles. The summed E-state index contributed by atoms with van der Waals surface area (Å²) >= 11 is 0. The van der Waals surface area contributed by atoms with Gasteiger partial charge in [-0.05, 0) is 49.4 Å². The summed E-state index contributed by atoms with van der Waals surface area (Å²) in [6.07, 6.45) is 46.0. The molecule has 0 amide bonds. The van der Waals surface area contributed by atoms with Gasteiger partial charge in [-0.1, -0.05) is 312 Å². The van der Waals surface area contributed by atoms with Crippen molar-refractivity contribution in [1.29, 1.82) is 0 Å². The zero-order chi connectivity index (χ0) is 68.2. The Hall–Kier alpha value is -1.94. The van der Waals surface area contributed by atoms with Gasteiger partial charge in [0.2, 0.25) is 0 Å². The molecule has 0 saturated carbocycles. The van der Waals surface area contributed by atoms with Crippen molar-refractivity contribution in [1.82, 2.24) is 0 Å². The number of aliphatic hydroxyl groups is 1. The summed E-state index contributed by atoms with van der Waals surface area (Å²) in [6.45, 7) is 14.1. The molecule has 0 radical (unpaired) electrons. The van der Waals surface area contributed by atoms with Gasteiger partial charge in [0, 0.05) is 25.7 Å². The highest BCUT2D eigenvalue weighted by Crippen LogP contribution is 2.45. The second-order valence-electron chi connectivity index (χ2n) is 28.0. The molecule has 0 aromatic rings. The third-order valence-electron chi connectivity index (χ3n) is 17.2. The molecule has 0 aromatic carbocycles. The Bertz CT molecular complexity index is 1820. The largest absolute Gasteiger partial charge is 0.472 e. The van der Waals surface area contributed by atoms with E-state index in [9.17, 15) is 43.2 Å². The lowest BCUT2D eigenvalue weighted by atomic mass is 9.99. The first-order valence-corrected chi connectivity index (χ1v) is 40.7. The quantitative estimate of drug-likeness (QED) is 0.0222. The second-order valence-corrected chi connectivity index (χ2v) is 30.9. The number of unbranched alkanes of at least 4 members (excludes halogenated alkanes) is 35. The number of hydrogen-bond donors (Lipinski definition) is 3. The molecule has 0 bridgehead atoms. The number of phosphoric acid groups is 2. The standard InChI is InChI=1S/C73H142O17P2/c1-9-66(8)52-44-36-27-21-17-12-10-11-13-18-22-28-39-47-55-72(77)89-68(59-83-70(75)53-45-37-30-24-26-34-42-50-64(4)5)61-87-91(79,80)85-57-67(74)58-86-92(81,82)88-62-69(60-84-71(76)54-46-38-32-31-35-43-51-65(6)7)90-73(78)56-48-40-29-23-19-15-14-16-20-25-33-41-49-63(2)3/h63-69,74H,9-62H2,1-8H3,(H,79,80)(H,81,82)/t66?,67?,68-,69-/m1/s1. The smallest absolute Gasteiger partial charge is 0.462 e. The summed E-state index contributed by atoms with van der Waals surface area (Å²) in [5.41, 5.74) is 0. The zero-order valence-electron chi connectivity index (χ0n) is 60.2. The summed E-state index contributed by atoms with van der Waals surface area (Å²) in [4.78, 5) is 72.6. The van der Waals surface area contributed by atoms with E-state index in [0.29, 0.717) is 37.5 Å². The number of carbonyl (C=O) groups excluding carboxylic acids is 4. The third kappa shape index (κ3) is 65.4. The van der Waals surface area contributed by atoms with Crippen LogP contribution in [0.2, 0.25) is 0 Å². The van der Waals surface area contributed by atoms with Crippen molar-refractivity contribution in [3.05, 3.63) is 0 Å². The van der Waals surface area contributed by atoms with Crippen molar-refractivity contribution < 1.29 is 80.2 Å². The molecule has 0 fully saturated rings. The van der Waals surface area contributed by atoms with E-state index >= 15 is 0 Å². The molecule has 0 aliphatic rings. The summed E-state index contributed by atoms with van der Waals surface area (Å²) in [5, 5.41) is 10.6. The number of hydrogen-bond acceptors (Lipinski definition) is 15. The lowest BCUT2D eigenvalue weighted by Crippen LogP contribution is -2.30. The molecule has 0 rings (SSSR count). The molecule has 4 unspecified atom stereocenters. The van der Waals surface area contributed by atoms with E-state index in [1.165, 1.54) is 154 Å². The minimum atomic E-state index is -4.95. The van der Waals surface area contributed by atoms with Crippen molar-refractivity contribution in [2.24, 2.45) is 23.7 Å². The van der Waals surface area contributed by atoms with E-state index in [4.69, 9.17) is 37.0 Å². The van der Waals surface area contributed by atoms with Gasteiger partial charge in [0.1, 0.15) is 19.3 Å². The van der Waals surface area contributed by atoms with Gasteiger partial charge < -0.3 is 33.8 Å². The van der Waals surface area contributed by atoms with Gasteiger partial charge >= 0.3 is 39.5 Å². The van der Waals surface area contributed by atoms with Crippen LogP contribution in [0, 0.1) is 23.7 Å². The fourth-order valence-corrected chi connectivity index (χ4v) is 12.6. The van der Waals surface area contributed by atoms with Crippen LogP contribution in [-0.2, 0) is 65.4 Å². The molecule has 19 heteroatoms. The van der Waals surface area contributed by atoms with E-state index in [1.54, 1.807) is 0 Å². The number of ether oxygens (including phenoxy) is 4. The minimum absolute atomic E-state index is 0.105. The van der Waals surface area contributed by atoms with Crippen molar-refractivity contribution in [3.63, 3.8) is 0 Å². The molecule has 3 N–H and O–H groups in total. The normalized spacial score (nSPS) is 14.5. The third-order valence-corrected chi connectivity index (χ3v) is 19.1. The van der Waals surface area contributed by atoms with Crippen LogP contribution in [0.4, 0.5) is 0 Å². The van der Waals surface area contributed by atoms with E-state index in [-0.39, 0.29) is 25.7 Å². The Balaban J connectivity index is 5.21. The van der Waals surface area contributed by atoms with Crippen LogP contribution in [0.3, 0.4) is 0 Å². The second kappa shape index (κ2) is 62.6. The SMILES string of the molecule is CCC(C)CCCCCCCCCCCCCCCCC(=O)O[C@H](COC(=O)CCCCCCCCCC(C)C)COP(=O)(O)OCC(O)COP(=O)(O)OC[C@@H](COC(=O)CCCCCCCCC(C)C)OC(=O)CCCCCCCCCCCCCCC(C)C. The molecule has 92 heavy (non-hydrogen) atoms. The van der Waals surface area contributed by atoms with Crippen LogP contribution in [0.1, 0.15) is 364 Å². The molecule has 0 aliphatic heterocycles. The van der Waals surface area contributed by atoms with E-state index in [2.05, 4.69) is 55.4 Å². The van der Waals surface area contributed by atoms with Crippen molar-refractivity contribution in [3.8, 4) is 0 Å². The van der Waals surface area contributed by atoms with Gasteiger partial charge in [0.15, 0.2) is 12.2 Å². The van der Waals surface area contributed by atoms with Gasteiger partial charge in [0.25, 0.3) is 0 Å². The van der Waals surface area contributed by atoms with Gasteiger partial charge in [0.05, 0.1) is 26.4 Å². The molecular formula is C73H142O17P2. The highest BCUT2D eigenvalue weighted by molar-refractivity contribution is 7.47. The van der Waals surface area contributed by atoms with Crippen molar-refractivity contribution in [2.75, 3.05) is 39.6 Å². The van der Waals surface area contributed by atoms with Crippen LogP contribution < -0.4 is 0 Å². The highest BCUT2D eigenvalue weighted by atomic mass is 31.2. The molecule has 17 nitrogen and oxygen atoms in total. The summed E-state index contributed by atoms with van der Waals surface area (Å²) < 4.78 is 68.3. The van der Waals surface area contributed by atoms with Crippen LogP contribution in [0.5, 0.6) is 0 Å². The number of esters is 4. The Kier molecular flexibility index (Phi) is 61.3. The van der Waals surface area contributed by atoms with Crippen LogP contribution >= 0.6 is 15.6 Å². The molecule has 0 heterocycles. The van der Waals surface area contributed by atoms with E-state index < -0.39 is 97.5 Å². The molecule has 0 aliphatic carbocycles. The fourth-order valence-electron chi connectivity index (χ4n) is 11.0. The molecular weight excluding hydrogens is 1210 g/mol. The number of phosphoric ester groups is 2. The molecule has 0 spiro atoms. The Morgan fingerprint density at radius 1 is 0.304 bits per heavy atom. The van der Waals surface area contributed by atoms with Gasteiger partial charge in [-0.25, -0.2) is 9.13 Å². The van der Waals surface area contributed by atoms with Crippen molar-refractivity contribution in [2.45, 2.75) is 382 Å². The summed E-state index contributed by atoms with van der Waals surface area (Å²) in [5.74, 6) is 0.879. The number of carbonyl (C=O) groups is 4. The average molecular weight is 1350 g/mol. The molecule has 546 valence electrons. The molecule has 6 atom stereocenters. The Morgan fingerprint density at radius 3 is 0.772 bits per heavy atom. The average Bonchev–Trinajstić information content (AvgIpc) is 1.56. The first-order valence-electron chi connectivity index (χ1n) is 37.7. The lowest BCUT2D eigenvalue weighted by Gasteiger charge is -2.21. The van der Waals surface area contributed by atoms with Gasteiger partial charge in [-0.15, -0.1) is 0 Å². The first kappa shape index (κ1) is 90.1. The Morgan fingerprint density at radius 2 is 0.522 bits per heavy atom. The number of aliphatic hydroxyl groups excluding tert-OH is 1. The maximum absolute atomic E-state index is 13.0.